The van der Waals surface area contributed by atoms with Crippen molar-refractivity contribution in [3.63, 3.8) is 0 Å². The number of aromatic carboxylic acids is 1. The first-order chi connectivity index (χ1) is 15.0. The molecule has 0 heterocycles. The van der Waals surface area contributed by atoms with Crippen LogP contribution in [-0.2, 0) is 10.1 Å². The fourth-order valence-corrected chi connectivity index (χ4v) is 4.22. The maximum absolute atomic E-state index is 14.1. The summed E-state index contributed by atoms with van der Waals surface area (Å²) in [6.07, 6.45) is 0. The number of nitrogens with one attached hydrogen (secondary N) is 1. The molecule has 4 rings (SSSR count). The molecule has 0 unspecified atom stereocenters. The number of hydrogen-bond donors (Lipinski definition) is 3. The number of rotatable bonds is 4. The van der Waals surface area contributed by atoms with E-state index in [2.05, 4.69) is 5.32 Å². The number of ketones is 2. The van der Waals surface area contributed by atoms with Crippen molar-refractivity contribution in [1.29, 1.82) is 0 Å². The van der Waals surface area contributed by atoms with Gasteiger partial charge in [0.15, 0.2) is 11.6 Å². The van der Waals surface area contributed by atoms with E-state index in [0.717, 1.165) is 12.1 Å². The van der Waals surface area contributed by atoms with Crippen LogP contribution in [0.5, 0.6) is 0 Å². The Balaban J connectivity index is 2.05. The van der Waals surface area contributed by atoms with Crippen molar-refractivity contribution in [3.05, 3.63) is 82.2 Å². The lowest BCUT2D eigenvalue weighted by Crippen LogP contribution is -2.25. The van der Waals surface area contributed by atoms with E-state index in [1.54, 1.807) is 0 Å². The van der Waals surface area contributed by atoms with Crippen LogP contribution in [0.25, 0.3) is 0 Å². The Kier molecular flexibility index (Phi) is 4.79. The number of fused-ring (bicyclic) bond motifs is 2. The lowest BCUT2D eigenvalue weighted by Gasteiger charge is -2.25. The first kappa shape index (κ1) is 21.2. The number of hydrogen-bond acceptors (Lipinski definition) is 8. The van der Waals surface area contributed by atoms with Gasteiger partial charge in [0.2, 0.25) is 0 Å². The average Bonchev–Trinajstić information content (AvgIpc) is 2.72. The number of halogens is 1. The third-order valence-corrected chi connectivity index (χ3v) is 5.84. The Hall–Kier alpha value is -4.09. The van der Waals surface area contributed by atoms with Crippen molar-refractivity contribution in [2.24, 2.45) is 0 Å². The molecule has 0 aromatic heterocycles. The minimum atomic E-state index is -5.20. The quantitative estimate of drug-likeness (QED) is 0.309. The molecule has 0 bridgehead atoms. The Morgan fingerprint density at radius 2 is 1.56 bits per heavy atom. The molecule has 1 aliphatic rings. The summed E-state index contributed by atoms with van der Waals surface area (Å²) in [7, 11) is -5.20. The molecule has 0 radical (unpaired) electrons. The lowest BCUT2D eigenvalue weighted by molar-refractivity contribution is 0.0692. The van der Waals surface area contributed by atoms with Gasteiger partial charge in [-0.15, -0.1) is 0 Å². The third-order valence-electron chi connectivity index (χ3n) is 4.97. The van der Waals surface area contributed by atoms with E-state index in [1.807, 2.05) is 0 Å². The van der Waals surface area contributed by atoms with Crippen LogP contribution in [0.1, 0.15) is 42.2 Å². The zero-order chi connectivity index (χ0) is 23.4. The van der Waals surface area contributed by atoms with Crippen molar-refractivity contribution in [2.45, 2.75) is 4.90 Å². The maximum atomic E-state index is 14.1. The Morgan fingerprint density at radius 1 is 0.969 bits per heavy atom. The van der Waals surface area contributed by atoms with Gasteiger partial charge < -0.3 is 20.7 Å². The summed E-state index contributed by atoms with van der Waals surface area (Å²) in [5.41, 5.74) is 2.70. The zero-order valence-corrected chi connectivity index (χ0v) is 16.7. The van der Waals surface area contributed by atoms with E-state index in [9.17, 15) is 36.9 Å². The second-order valence-electron chi connectivity index (χ2n) is 6.84. The number of carboxylic acid groups (broad SMARTS) is 1. The highest BCUT2D eigenvalue weighted by molar-refractivity contribution is 7.86. The van der Waals surface area contributed by atoms with Gasteiger partial charge >= 0.3 is 5.97 Å². The molecule has 0 saturated carbocycles. The van der Waals surface area contributed by atoms with Crippen LogP contribution in [-0.4, -0.2) is 35.6 Å². The summed E-state index contributed by atoms with van der Waals surface area (Å²) < 4.78 is 49.5. The molecule has 0 atom stereocenters. The van der Waals surface area contributed by atoms with Crippen LogP contribution in [0.4, 0.5) is 21.5 Å². The zero-order valence-electron chi connectivity index (χ0n) is 15.9. The van der Waals surface area contributed by atoms with Crippen LogP contribution < -0.4 is 11.1 Å². The normalized spacial score (nSPS) is 12.8. The number of carbonyl (C=O) groups is 3. The molecule has 0 saturated heterocycles. The molecule has 1 aliphatic carbocycles. The summed E-state index contributed by atoms with van der Waals surface area (Å²) >= 11 is 0. The van der Waals surface area contributed by atoms with Crippen LogP contribution in [0.15, 0.2) is 53.4 Å². The summed E-state index contributed by atoms with van der Waals surface area (Å²) in [6, 6.07) is 9.70. The Morgan fingerprint density at radius 3 is 2.12 bits per heavy atom. The van der Waals surface area contributed by atoms with Crippen LogP contribution in [0, 0.1) is 5.82 Å². The second kappa shape index (κ2) is 7.25. The molecule has 0 aliphatic heterocycles. The van der Waals surface area contributed by atoms with Crippen LogP contribution in [0.2, 0.25) is 0 Å². The van der Waals surface area contributed by atoms with Crippen molar-refractivity contribution in [1.82, 2.24) is 0 Å². The van der Waals surface area contributed by atoms with E-state index in [0.29, 0.717) is 0 Å². The minimum absolute atomic E-state index is 0.00267. The van der Waals surface area contributed by atoms with Gasteiger partial charge in [0.05, 0.1) is 33.1 Å². The Bertz CT molecular complexity index is 1470. The summed E-state index contributed by atoms with van der Waals surface area (Å²) in [4.78, 5) is 36.8. The van der Waals surface area contributed by atoms with Crippen molar-refractivity contribution in [2.75, 3.05) is 11.1 Å². The highest BCUT2D eigenvalue weighted by Gasteiger charge is 2.35. The van der Waals surface area contributed by atoms with Crippen molar-refractivity contribution < 1.29 is 36.9 Å². The van der Waals surface area contributed by atoms with E-state index < -0.39 is 55.2 Å². The molecule has 162 valence electrons. The first-order valence-corrected chi connectivity index (χ1v) is 10.3. The van der Waals surface area contributed by atoms with Crippen LogP contribution in [0.3, 0.4) is 0 Å². The third kappa shape index (κ3) is 3.20. The second-order valence-corrected chi connectivity index (χ2v) is 8.18. The molecule has 3 aromatic rings. The monoisotopic (exact) mass is 455 g/mol. The molecular weight excluding hydrogens is 443 g/mol. The molecule has 32 heavy (non-hydrogen) atoms. The highest BCUT2D eigenvalue weighted by Crippen LogP contribution is 2.40. The van der Waals surface area contributed by atoms with Gasteiger partial charge in [0.1, 0.15) is 21.5 Å². The van der Waals surface area contributed by atoms with Gasteiger partial charge in [0.25, 0.3) is 0 Å². The number of nitrogen functional groups attached to an aromatic ring is 1. The van der Waals surface area contributed by atoms with Gasteiger partial charge in [-0.3, -0.25) is 9.59 Å². The predicted molar refractivity (Wildman–Crippen MR) is 109 cm³/mol. The van der Waals surface area contributed by atoms with Gasteiger partial charge in [-0.05, 0) is 18.2 Å². The van der Waals surface area contributed by atoms with Gasteiger partial charge in [-0.1, -0.05) is 30.3 Å². The number of carboxylic acids is 1. The average molecular weight is 455 g/mol. The fourth-order valence-electron chi connectivity index (χ4n) is 3.59. The number of nitrogens with two attached hydrogens (primary N) is 1. The van der Waals surface area contributed by atoms with Crippen molar-refractivity contribution in [3.8, 4) is 0 Å². The first-order valence-electron chi connectivity index (χ1n) is 8.92. The number of anilines is 3. The predicted octanol–water partition coefficient (Wildman–Crippen LogP) is 2.53. The van der Waals surface area contributed by atoms with E-state index in [-0.39, 0.29) is 28.1 Å². The summed E-state index contributed by atoms with van der Waals surface area (Å²) in [6.45, 7) is 0. The van der Waals surface area contributed by atoms with Gasteiger partial charge in [-0.2, -0.15) is 0 Å². The molecule has 0 fully saturated rings. The van der Waals surface area contributed by atoms with Crippen LogP contribution >= 0.6 is 0 Å². The summed E-state index contributed by atoms with van der Waals surface area (Å²) in [5.74, 6) is -4.25. The maximum Gasteiger partial charge on any atom is 0.340 e. The molecule has 0 amide bonds. The molecule has 0 spiro atoms. The highest BCUT2D eigenvalue weighted by atomic mass is 32.2. The van der Waals surface area contributed by atoms with Gasteiger partial charge in [-0.25, -0.2) is 17.6 Å². The number of carbonyl (C=O) groups excluding carboxylic acids is 2. The van der Waals surface area contributed by atoms with E-state index in [1.165, 1.54) is 36.4 Å². The number of benzene rings is 3. The van der Waals surface area contributed by atoms with E-state index in [4.69, 9.17) is 5.73 Å². The standard InChI is InChI=1S/C21H13FN2O7S/c22-11-6-3-7-12(15(11)21(27)28)24-13-8-14(32(29,30)31)18(23)17-16(13)19(25)9-4-1-2-5-10(9)20(17)26/h1-8,24H,23H2,(H,27,28)(H,29,30,31)/p-1. The Labute approximate surface area is 180 Å². The lowest BCUT2D eigenvalue weighted by atomic mass is 9.82. The van der Waals surface area contributed by atoms with Crippen molar-refractivity contribution >= 4 is 44.7 Å². The van der Waals surface area contributed by atoms with Gasteiger partial charge in [0, 0.05) is 11.1 Å². The molecule has 4 N–H and O–H groups in total. The molecule has 11 heteroatoms. The molecule has 9 nitrogen and oxygen atoms in total. The smallest absolute Gasteiger partial charge is 0.340 e. The van der Waals surface area contributed by atoms with E-state index >= 15 is 0 Å². The summed E-state index contributed by atoms with van der Waals surface area (Å²) in [5, 5.41) is 11.8. The SMILES string of the molecule is Nc1c(S(=O)(=O)[O-])cc(Nc2cccc(F)c2C(=O)O)c2c1C(=O)c1ccccc1C2=O. The molecule has 3 aromatic carbocycles. The fraction of sp³-hybridized carbons (Fsp3) is 0. The topological polar surface area (TPSA) is 167 Å². The molecular formula is C21H12FN2O7S-. The minimum Gasteiger partial charge on any atom is -0.744 e. The largest absolute Gasteiger partial charge is 0.744 e.